The Morgan fingerprint density at radius 3 is 2.38 bits per heavy atom. The van der Waals surface area contributed by atoms with Crippen molar-refractivity contribution in [2.24, 2.45) is 0 Å². The minimum atomic E-state index is 0.330. The molecule has 1 aliphatic heterocycles. The fraction of sp³-hybridized carbons (Fsp3) is 0.333. The predicted molar refractivity (Wildman–Crippen MR) is 55.2 cm³/mol. The van der Waals surface area contributed by atoms with Gasteiger partial charge in [0.1, 0.15) is 0 Å². The first kappa shape index (κ1) is 9.28. The molecule has 1 fully saturated rings. The van der Waals surface area contributed by atoms with E-state index in [-0.39, 0.29) is 0 Å². The van der Waals surface area contributed by atoms with Gasteiger partial charge in [-0.3, -0.25) is 5.32 Å². The van der Waals surface area contributed by atoms with Gasteiger partial charge < -0.3 is 5.32 Å². The van der Waals surface area contributed by atoms with Crippen molar-refractivity contribution in [2.75, 3.05) is 13.2 Å². The average Bonchev–Trinajstić information content (AvgIpc) is 2.53. The molecule has 1 saturated heterocycles. The number of benzene rings is 1. The molecule has 2 N–H and O–H groups in total. The molecule has 0 radical (unpaired) electrons. The van der Waals surface area contributed by atoms with Crippen molar-refractivity contribution in [2.45, 2.75) is 6.04 Å². The second-order valence-corrected chi connectivity index (χ2v) is 3.96. The Bertz CT molecular complexity index is 288. The Morgan fingerprint density at radius 1 is 1.15 bits per heavy atom. The van der Waals surface area contributed by atoms with Gasteiger partial charge in [0.15, 0.2) is 0 Å². The standard InChI is InChI=1S/C9H10Cl2N2/c10-7-1-6(2-8(11)3-7)9-4-12-5-13-9/h1-3,9,12-13H,4-5H2. The van der Waals surface area contributed by atoms with Crippen LogP contribution in [0.5, 0.6) is 0 Å². The first-order valence-corrected chi connectivity index (χ1v) is 4.91. The first-order chi connectivity index (χ1) is 6.25. The Balaban J connectivity index is 2.28. The molecule has 1 aromatic carbocycles. The van der Waals surface area contributed by atoms with Crippen molar-refractivity contribution in [3.05, 3.63) is 33.8 Å². The van der Waals surface area contributed by atoms with Gasteiger partial charge in [0.25, 0.3) is 0 Å². The molecule has 1 aromatic rings. The minimum Gasteiger partial charge on any atom is -0.303 e. The summed E-state index contributed by atoms with van der Waals surface area (Å²) in [4.78, 5) is 0. The summed E-state index contributed by atoms with van der Waals surface area (Å²) in [6, 6.07) is 5.96. The molecule has 0 spiro atoms. The van der Waals surface area contributed by atoms with Crippen LogP contribution in [-0.4, -0.2) is 13.2 Å². The van der Waals surface area contributed by atoms with Crippen molar-refractivity contribution in [1.29, 1.82) is 0 Å². The molecule has 1 aliphatic rings. The maximum absolute atomic E-state index is 5.90. The van der Waals surface area contributed by atoms with Crippen LogP contribution in [0, 0.1) is 0 Å². The fourth-order valence-corrected chi connectivity index (χ4v) is 2.04. The summed E-state index contributed by atoms with van der Waals surface area (Å²) in [6.45, 7) is 1.77. The monoisotopic (exact) mass is 216 g/mol. The van der Waals surface area contributed by atoms with Crippen LogP contribution in [0.4, 0.5) is 0 Å². The average molecular weight is 217 g/mol. The van der Waals surface area contributed by atoms with E-state index in [1.165, 1.54) is 0 Å². The summed E-state index contributed by atoms with van der Waals surface area (Å²) >= 11 is 11.8. The van der Waals surface area contributed by atoms with E-state index >= 15 is 0 Å². The SMILES string of the molecule is Clc1cc(Cl)cc(C2CNCN2)c1. The molecular formula is C9H10Cl2N2. The van der Waals surface area contributed by atoms with Crippen molar-refractivity contribution < 1.29 is 0 Å². The van der Waals surface area contributed by atoms with Crippen LogP contribution in [0.25, 0.3) is 0 Å². The molecule has 1 heterocycles. The van der Waals surface area contributed by atoms with Gasteiger partial charge >= 0.3 is 0 Å². The zero-order valence-electron chi connectivity index (χ0n) is 6.98. The summed E-state index contributed by atoms with van der Waals surface area (Å²) in [5.74, 6) is 0. The molecule has 1 unspecified atom stereocenters. The molecule has 0 saturated carbocycles. The quantitative estimate of drug-likeness (QED) is 0.753. The van der Waals surface area contributed by atoms with Crippen LogP contribution in [0.3, 0.4) is 0 Å². The van der Waals surface area contributed by atoms with Crippen molar-refractivity contribution >= 4 is 23.2 Å². The second kappa shape index (κ2) is 3.84. The number of hydrogen-bond acceptors (Lipinski definition) is 2. The third-order valence-electron chi connectivity index (χ3n) is 2.11. The highest BCUT2D eigenvalue weighted by atomic mass is 35.5. The highest BCUT2D eigenvalue weighted by Gasteiger charge is 2.15. The first-order valence-electron chi connectivity index (χ1n) is 4.16. The zero-order chi connectivity index (χ0) is 9.26. The third kappa shape index (κ3) is 2.15. The Kier molecular flexibility index (Phi) is 2.74. The smallest absolute Gasteiger partial charge is 0.0460 e. The van der Waals surface area contributed by atoms with E-state index < -0.39 is 0 Å². The summed E-state index contributed by atoms with van der Waals surface area (Å²) in [7, 11) is 0. The summed E-state index contributed by atoms with van der Waals surface area (Å²) < 4.78 is 0. The fourth-order valence-electron chi connectivity index (χ4n) is 1.50. The van der Waals surface area contributed by atoms with Gasteiger partial charge in [-0.25, -0.2) is 0 Å². The minimum absolute atomic E-state index is 0.330. The highest BCUT2D eigenvalue weighted by Crippen LogP contribution is 2.24. The zero-order valence-corrected chi connectivity index (χ0v) is 8.49. The molecule has 1 atom stereocenters. The van der Waals surface area contributed by atoms with Crippen molar-refractivity contribution in [1.82, 2.24) is 10.6 Å². The Morgan fingerprint density at radius 2 is 1.85 bits per heavy atom. The lowest BCUT2D eigenvalue weighted by Crippen LogP contribution is -2.14. The summed E-state index contributed by atoms with van der Waals surface area (Å²) in [5.41, 5.74) is 1.14. The van der Waals surface area contributed by atoms with E-state index in [0.29, 0.717) is 16.1 Å². The van der Waals surface area contributed by atoms with Gasteiger partial charge in [0.05, 0.1) is 0 Å². The van der Waals surface area contributed by atoms with Gasteiger partial charge in [-0.1, -0.05) is 23.2 Å². The molecule has 0 bridgehead atoms. The van der Waals surface area contributed by atoms with Crippen LogP contribution in [0.1, 0.15) is 11.6 Å². The molecule has 2 rings (SSSR count). The largest absolute Gasteiger partial charge is 0.303 e. The summed E-state index contributed by atoms with van der Waals surface area (Å²) in [6.07, 6.45) is 0. The van der Waals surface area contributed by atoms with Crippen molar-refractivity contribution in [3.63, 3.8) is 0 Å². The van der Waals surface area contributed by atoms with Crippen molar-refractivity contribution in [3.8, 4) is 0 Å². The molecule has 13 heavy (non-hydrogen) atoms. The molecule has 0 amide bonds. The molecule has 0 aliphatic carbocycles. The van der Waals surface area contributed by atoms with Crippen LogP contribution in [0.2, 0.25) is 10.0 Å². The second-order valence-electron chi connectivity index (χ2n) is 3.09. The Hall–Kier alpha value is -0.280. The topological polar surface area (TPSA) is 24.1 Å². The van der Waals surface area contributed by atoms with E-state index in [9.17, 15) is 0 Å². The third-order valence-corrected chi connectivity index (χ3v) is 2.55. The lowest BCUT2D eigenvalue weighted by molar-refractivity contribution is 0.677. The number of nitrogens with one attached hydrogen (secondary N) is 2. The van der Waals surface area contributed by atoms with Gasteiger partial charge in [-0.15, -0.1) is 0 Å². The lowest BCUT2D eigenvalue weighted by Gasteiger charge is -2.10. The molecule has 0 aromatic heterocycles. The normalized spacial score (nSPS) is 22.2. The van der Waals surface area contributed by atoms with E-state index in [4.69, 9.17) is 23.2 Å². The van der Waals surface area contributed by atoms with E-state index in [1.54, 1.807) is 6.07 Å². The van der Waals surface area contributed by atoms with Gasteiger partial charge in [-0.2, -0.15) is 0 Å². The molecule has 70 valence electrons. The van der Waals surface area contributed by atoms with E-state index in [2.05, 4.69) is 10.6 Å². The molecule has 2 nitrogen and oxygen atoms in total. The summed E-state index contributed by atoms with van der Waals surface area (Å²) in [5, 5.41) is 7.89. The molecule has 4 heteroatoms. The van der Waals surface area contributed by atoms with Crippen LogP contribution < -0.4 is 10.6 Å². The number of halogens is 2. The lowest BCUT2D eigenvalue weighted by atomic mass is 10.1. The van der Waals surface area contributed by atoms with Gasteiger partial charge in [0.2, 0.25) is 0 Å². The Labute approximate surface area is 87.2 Å². The van der Waals surface area contributed by atoms with Gasteiger partial charge in [0, 0.05) is 29.3 Å². The van der Waals surface area contributed by atoms with Crippen LogP contribution in [-0.2, 0) is 0 Å². The number of hydrogen-bond donors (Lipinski definition) is 2. The van der Waals surface area contributed by atoms with E-state index in [0.717, 1.165) is 18.8 Å². The number of rotatable bonds is 1. The van der Waals surface area contributed by atoms with Crippen LogP contribution >= 0.6 is 23.2 Å². The van der Waals surface area contributed by atoms with Gasteiger partial charge in [-0.05, 0) is 23.8 Å². The highest BCUT2D eigenvalue weighted by molar-refractivity contribution is 6.34. The predicted octanol–water partition coefficient (Wildman–Crippen LogP) is 2.18. The molecular weight excluding hydrogens is 207 g/mol. The maximum atomic E-state index is 5.90. The van der Waals surface area contributed by atoms with Crippen LogP contribution in [0.15, 0.2) is 18.2 Å². The maximum Gasteiger partial charge on any atom is 0.0460 e. The van der Waals surface area contributed by atoms with E-state index in [1.807, 2.05) is 12.1 Å².